The maximum atomic E-state index is 8.82. The average molecular weight is 204 g/mol. The van der Waals surface area contributed by atoms with Gasteiger partial charge >= 0.3 is 0 Å². The highest BCUT2D eigenvalue weighted by molar-refractivity contribution is 7.99. The van der Waals surface area contributed by atoms with Crippen LogP contribution in [0.15, 0.2) is 0 Å². The molecule has 1 rings (SSSR count). The first kappa shape index (κ1) is 11.3. The van der Waals surface area contributed by atoms with Crippen molar-refractivity contribution in [2.45, 2.75) is 38.9 Å². The summed E-state index contributed by atoms with van der Waals surface area (Å²) >= 11 is 1.90. The van der Waals surface area contributed by atoms with E-state index >= 15 is 0 Å². The van der Waals surface area contributed by atoms with Crippen molar-refractivity contribution in [3.05, 3.63) is 0 Å². The van der Waals surface area contributed by atoms with Gasteiger partial charge in [0.05, 0.1) is 12.2 Å². The molecular formula is C10H20O2S. The maximum Gasteiger partial charge on any atom is 0.0670 e. The first-order valence-electron chi connectivity index (χ1n) is 5.06. The zero-order chi connectivity index (χ0) is 9.68. The molecule has 0 aliphatic carbocycles. The Kier molecular flexibility index (Phi) is 5.14. The minimum absolute atomic E-state index is 0.301. The van der Waals surface area contributed by atoms with Crippen LogP contribution >= 0.6 is 11.8 Å². The van der Waals surface area contributed by atoms with E-state index in [0.717, 1.165) is 11.5 Å². The van der Waals surface area contributed by atoms with Crippen molar-refractivity contribution >= 4 is 11.8 Å². The van der Waals surface area contributed by atoms with Gasteiger partial charge < -0.3 is 9.84 Å². The van der Waals surface area contributed by atoms with Gasteiger partial charge in [-0.2, -0.15) is 11.8 Å². The second-order valence-electron chi connectivity index (χ2n) is 3.97. The fourth-order valence-electron chi connectivity index (χ4n) is 1.46. The van der Waals surface area contributed by atoms with Crippen LogP contribution in [0, 0.1) is 5.92 Å². The van der Waals surface area contributed by atoms with E-state index in [2.05, 4.69) is 13.8 Å². The van der Waals surface area contributed by atoms with Gasteiger partial charge in [0.2, 0.25) is 0 Å². The minimum atomic E-state index is 0.301. The first-order chi connectivity index (χ1) is 6.22. The minimum Gasteiger partial charge on any atom is -0.396 e. The molecule has 1 saturated heterocycles. The van der Waals surface area contributed by atoms with Crippen LogP contribution in [0.3, 0.4) is 0 Å². The molecule has 2 nitrogen and oxygen atoms in total. The molecule has 1 aliphatic heterocycles. The fraction of sp³-hybridized carbons (Fsp3) is 1.00. The van der Waals surface area contributed by atoms with E-state index in [1.54, 1.807) is 0 Å². The van der Waals surface area contributed by atoms with Gasteiger partial charge in [-0.05, 0) is 31.4 Å². The Hall–Kier alpha value is 0.270. The zero-order valence-corrected chi connectivity index (χ0v) is 9.35. The molecule has 0 aromatic heterocycles. The smallest absolute Gasteiger partial charge is 0.0670 e. The second-order valence-corrected chi connectivity index (χ2v) is 5.05. The van der Waals surface area contributed by atoms with Gasteiger partial charge in [0, 0.05) is 12.4 Å². The largest absolute Gasteiger partial charge is 0.396 e. The van der Waals surface area contributed by atoms with Gasteiger partial charge in [-0.3, -0.25) is 0 Å². The Morgan fingerprint density at radius 3 is 2.85 bits per heavy atom. The van der Waals surface area contributed by atoms with Crippen molar-refractivity contribution in [1.29, 1.82) is 0 Å². The molecule has 1 heterocycles. The van der Waals surface area contributed by atoms with Gasteiger partial charge in [-0.1, -0.05) is 6.92 Å². The van der Waals surface area contributed by atoms with Crippen LogP contribution < -0.4 is 0 Å². The third-order valence-electron chi connectivity index (χ3n) is 2.34. The van der Waals surface area contributed by atoms with Gasteiger partial charge in [0.25, 0.3) is 0 Å². The monoisotopic (exact) mass is 204 g/mol. The lowest BCUT2D eigenvalue weighted by Crippen LogP contribution is -2.13. The van der Waals surface area contributed by atoms with Gasteiger partial charge in [-0.25, -0.2) is 0 Å². The zero-order valence-electron chi connectivity index (χ0n) is 8.53. The lowest BCUT2D eigenvalue weighted by atomic mass is 10.2. The summed E-state index contributed by atoms with van der Waals surface area (Å²) in [6, 6.07) is 0. The van der Waals surface area contributed by atoms with Crippen LogP contribution in [0.2, 0.25) is 0 Å². The SMILES string of the molecule is CC(CO)CSCC1CCC(C)O1. The highest BCUT2D eigenvalue weighted by Crippen LogP contribution is 2.22. The molecule has 3 atom stereocenters. The summed E-state index contributed by atoms with van der Waals surface area (Å²) in [6.45, 7) is 4.51. The number of hydrogen-bond acceptors (Lipinski definition) is 3. The highest BCUT2D eigenvalue weighted by Gasteiger charge is 2.21. The molecule has 1 fully saturated rings. The molecule has 0 aromatic carbocycles. The second kappa shape index (κ2) is 5.89. The lowest BCUT2D eigenvalue weighted by Gasteiger charge is -2.12. The van der Waals surface area contributed by atoms with Gasteiger partial charge in [0.1, 0.15) is 0 Å². The van der Waals surface area contributed by atoms with E-state index in [1.807, 2.05) is 11.8 Å². The Balaban J connectivity index is 2.00. The maximum absolute atomic E-state index is 8.82. The van der Waals surface area contributed by atoms with Crippen molar-refractivity contribution in [2.24, 2.45) is 5.92 Å². The van der Waals surface area contributed by atoms with Crippen molar-refractivity contribution < 1.29 is 9.84 Å². The predicted molar refractivity (Wildman–Crippen MR) is 57.1 cm³/mol. The van der Waals surface area contributed by atoms with E-state index in [1.165, 1.54) is 12.8 Å². The molecule has 13 heavy (non-hydrogen) atoms. The Morgan fingerprint density at radius 1 is 1.54 bits per heavy atom. The number of thioether (sulfide) groups is 1. The molecule has 0 amide bonds. The summed E-state index contributed by atoms with van der Waals surface area (Å²) in [5.41, 5.74) is 0. The summed E-state index contributed by atoms with van der Waals surface area (Å²) in [6.07, 6.45) is 3.34. The van der Waals surface area contributed by atoms with E-state index < -0.39 is 0 Å². The standard InChI is InChI=1S/C10H20O2S/c1-8(5-11)6-13-7-10-4-3-9(2)12-10/h8-11H,3-7H2,1-2H3. The van der Waals surface area contributed by atoms with E-state index in [9.17, 15) is 0 Å². The molecule has 0 saturated carbocycles. The molecular weight excluding hydrogens is 184 g/mol. The van der Waals surface area contributed by atoms with E-state index in [4.69, 9.17) is 9.84 Å². The van der Waals surface area contributed by atoms with Crippen molar-refractivity contribution in [1.82, 2.24) is 0 Å². The molecule has 0 radical (unpaired) electrons. The van der Waals surface area contributed by atoms with Crippen LogP contribution in [0.5, 0.6) is 0 Å². The number of aliphatic hydroxyl groups excluding tert-OH is 1. The van der Waals surface area contributed by atoms with Crippen LogP contribution in [-0.2, 0) is 4.74 Å². The van der Waals surface area contributed by atoms with Gasteiger partial charge in [0.15, 0.2) is 0 Å². The van der Waals surface area contributed by atoms with Crippen LogP contribution in [0.4, 0.5) is 0 Å². The first-order valence-corrected chi connectivity index (χ1v) is 6.22. The summed E-state index contributed by atoms with van der Waals surface area (Å²) in [5, 5.41) is 8.82. The van der Waals surface area contributed by atoms with Crippen LogP contribution in [-0.4, -0.2) is 35.4 Å². The third-order valence-corrected chi connectivity index (χ3v) is 3.75. The summed E-state index contributed by atoms with van der Waals surface area (Å²) in [5.74, 6) is 2.56. The molecule has 1 aliphatic rings. The quantitative estimate of drug-likeness (QED) is 0.742. The van der Waals surface area contributed by atoms with E-state index in [0.29, 0.717) is 24.7 Å². The van der Waals surface area contributed by atoms with Crippen LogP contribution in [0.25, 0.3) is 0 Å². The molecule has 78 valence electrons. The number of ether oxygens (including phenoxy) is 1. The van der Waals surface area contributed by atoms with Crippen LogP contribution in [0.1, 0.15) is 26.7 Å². The Labute approximate surface area is 85.0 Å². The van der Waals surface area contributed by atoms with Gasteiger partial charge in [-0.15, -0.1) is 0 Å². The number of hydrogen-bond donors (Lipinski definition) is 1. The molecule has 0 bridgehead atoms. The molecule has 3 heteroatoms. The van der Waals surface area contributed by atoms with Crippen molar-refractivity contribution in [3.8, 4) is 0 Å². The summed E-state index contributed by atoms with van der Waals surface area (Å²) in [7, 11) is 0. The normalized spacial score (nSPS) is 30.7. The molecule has 1 N–H and O–H groups in total. The third kappa shape index (κ3) is 4.34. The number of rotatable bonds is 5. The molecule has 0 aromatic rings. The summed E-state index contributed by atoms with van der Waals surface area (Å²) in [4.78, 5) is 0. The predicted octanol–water partition coefficient (Wildman–Crippen LogP) is 1.92. The molecule has 3 unspecified atom stereocenters. The van der Waals surface area contributed by atoms with E-state index in [-0.39, 0.29) is 0 Å². The highest BCUT2D eigenvalue weighted by atomic mass is 32.2. The van der Waals surface area contributed by atoms with Crippen molar-refractivity contribution in [3.63, 3.8) is 0 Å². The summed E-state index contributed by atoms with van der Waals surface area (Å²) < 4.78 is 5.69. The topological polar surface area (TPSA) is 29.5 Å². The Bertz CT molecular complexity index is 141. The molecule has 0 spiro atoms. The number of aliphatic hydroxyl groups is 1. The van der Waals surface area contributed by atoms with Crippen molar-refractivity contribution in [2.75, 3.05) is 18.1 Å². The Morgan fingerprint density at radius 2 is 2.31 bits per heavy atom. The lowest BCUT2D eigenvalue weighted by molar-refractivity contribution is 0.0699. The average Bonchev–Trinajstić information content (AvgIpc) is 2.51. The fourth-order valence-corrected chi connectivity index (χ4v) is 2.61.